The van der Waals surface area contributed by atoms with Crippen LogP contribution in [0, 0.1) is 5.92 Å². The fraction of sp³-hybridized carbons (Fsp3) is 0.381. The summed E-state index contributed by atoms with van der Waals surface area (Å²) in [6.45, 7) is 4.83. The van der Waals surface area contributed by atoms with Gasteiger partial charge in [0.25, 0.3) is 5.91 Å². The second-order valence-electron chi connectivity index (χ2n) is 7.28. The first-order valence-corrected chi connectivity index (χ1v) is 10.2. The van der Waals surface area contributed by atoms with Crippen molar-refractivity contribution in [3.63, 3.8) is 0 Å². The highest BCUT2D eigenvalue weighted by Crippen LogP contribution is 2.29. The van der Waals surface area contributed by atoms with Crippen LogP contribution in [-0.2, 0) is 0 Å². The Morgan fingerprint density at radius 1 is 1.07 bits per heavy atom. The number of rotatable bonds is 5. The topological polar surface area (TPSA) is 62.3 Å². The van der Waals surface area contributed by atoms with Gasteiger partial charge in [-0.05, 0) is 68.2 Å². The molecule has 5 nitrogen and oxygen atoms in total. The lowest BCUT2D eigenvalue weighted by atomic mass is 9.84. The van der Waals surface area contributed by atoms with Crippen molar-refractivity contribution in [2.75, 3.05) is 19.6 Å². The highest BCUT2D eigenvalue weighted by Gasteiger charge is 2.34. The average Bonchev–Trinajstić information content (AvgIpc) is 2.70. The third kappa shape index (κ3) is 4.22. The van der Waals surface area contributed by atoms with Gasteiger partial charge in [0.05, 0.1) is 0 Å². The Labute approximate surface area is 163 Å². The Morgan fingerprint density at radius 3 is 2.33 bits per heavy atom. The Kier molecular flexibility index (Phi) is 5.27. The fourth-order valence-electron chi connectivity index (χ4n) is 3.84. The quantitative estimate of drug-likeness (QED) is 0.806. The molecule has 27 heavy (non-hydrogen) atoms. The van der Waals surface area contributed by atoms with Crippen molar-refractivity contribution in [1.82, 2.24) is 15.2 Å². The number of nitrogens with zero attached hydrogens (tertiary/aromatic N) is 2. The van der Waals surface area contributed by atoms with Crippen LogP contribution in [0.2, 0.25) is 0 Å². The van der Waals surface area contributed by atoms with Crippen LogP contribution in [0.4, 0.5) is 0 Å². The number of hydrogen-bond donors (Lipinski definition) is 1. The summed E-state index contributed by atoms with van der Waals surface area (Å²) in [5.41, 5.74) is 1.17. The molecule has 3 saturated heterocycles. The zero-order chi connectivity index (χ0) is 18.8. The van der Waals surface area contributed by atoms with Crippen LogP contribution in [0.15, 0.2) is 52.4 Å². The normalized spacial score (nSPS) is 23.8. The van der Waals surface area contributed by atoms with Crippen LogP contribution in [0.25, 0.3) is 0 Å². The summed E-state index contributed by atoms with van der Waals surface area (Å²) in [7, 11) is 0. The van der Waals surface area contributed by atoms with E-state index in [9.17, 15) is 9.59 Å². The van der Waals surface area contributed by atoms with E-state index >= 15 is 0 Å². The van der Waals surface area contributed by atoms with E-state index in [2.05, 4.69) is 15.2 Å². The molecule has 1 amide bonds. The summed E-state index contributed by atoms with van der Waals surface area (Å²) in [6, 6.07) is 11.6. The minimum atomic E-state index is -0.0371. The Morgan fingerprint density at radius 2 is 1.78 bits per heavy atom. The van der Waals surface area contributed by atoms with E-state index in [1.54, 1.807) is 24.0 Å². The molecular weight excluding hydrogens is 358 g/mol. The molecule has 1 atom stereocenters. The van der Waals surface area contributed by atoms with Crippen molar-refractivity contribution in [1.29, 1.82) is 0 Å². The lowest BCUT2D eigenvalue weighted by Crippen LogP contribution is -2.57. The molecule has 4 heterocycles. The van der Waals surface area contributed by atoms with Crippen molar-refractivity contribution in [2.24, 2.45) is 5.92 Å². The average molecular weight is 382 g/mol. The number of pyridine rings is 1. The number of fused-ring (bicyclic) bond motifs is 3. The van der Waals surface area contributed by atoms with Gasteiger partial charge in [-0.2, -0.15) is 0 Å². The largest absolute Gasteiger partial charge is 0.348 e. The molecular formula is C21H23N3O2S. The molecule has 6 heteroatoms. The van der Waals surface area contributed by atoms with Crippen molar-refractivity contribution in [2.45, 2.75) is 35.6 Å². The molecule has 0 unspecified atom stereocenters. The molecule has 2 bridgehead atoms. The predicted molar refractivity (Wildman–Crippen MR) is 105 cm³/mol. The molecule has 140 valence electrons. The number of benzene rings is 1. The third-order valence-corrected chi connectivity index (χ3v) is 6.41. The number of nitrogens with one attached hydrogen (secondary N) is 1. The number of amides is 1. The van der Waals surface area contributed by atoms with Crippen molar-refractivity contribution < 1.29 is 9.59 Å². The lowest BCUT2D eigenvalue weighted by molar-refractivity contribution is 0.0620. The standard InChI is InChI=1S/C21H23N3O2S/c1-14(25)19-7-6-18(12-22-19)27-17-4-2-16(3-5-17)21(26)23-20-13-24-10-8-15(20)9-11-24/h2-7,12,15,20H,8-11,13H2,1H3,(H,23,26)/t20-/m0/s1. The fourth-order valence-corrected chi connectivity index (χ4v) is 4.63. The number of Topliss-reactive ketones (excluding diaryl/α,β-unsaturated/α-hetero) is 1. The van der Waals surface area contributed by atoms with Crippen molar-refractivity contribution in [3.05, 3.63) is 53.9 Å². The molecule has 1 N–H and O–H groups in total. The first-order valence-electron chi connectivity index (χ1n) is 9.36. The SMILES string of the molecule is CC(=O)c1ccc(Sc2ccc(C(=O)N[C@H]3CN4CCC3CC4)cc2)cn1. The van der Waals surface area contributed by atoms with Gasteiger partial charge < -0.3 is 10.2 Å². The third-order valence-electron chi connectivity index (χ3n) is 5.42. The number of piperidine rings is 3. The molecule has 3 aliphatic heterocycles. The van der Waals surface area contributed by atoms with Crippen molar-refractivity contribution in [3.8, 4) is 0 Å². The minimum Gasteiger partial charge on any atom is -0.348 e. The van der Waals surface area contributed by atoms with Gasteiger partial charge in [0.1, 0.15) is 5.69 Å². The smallest absolute Gasteiger partial charge is 0.251 e. The maximum Gasteiger partial charge on any atom is 0.251 e. The summed E-state index contributed by atoms with van der Waals surface area (Å²) in [4.78, 5) is 32.5. The summed E-state index contributed by atoms with van der Waals surface area (Å²) in [5.74, 6) is 0.599. The van der Waals surface area contributed by atoms with Crippen LogP contribution in [-0.4, -0.2) is 47.3 Å². The zero-order valence-electron chi connectivity index (χ0n) is 15.4. The zero-order valence-corrected chi connectivity index (χ0v) is 16.2. The van der Waals surface area contributed by atoms with E-state index < -0.39 is 0 Å². The molecule has 5 rings (SSSR count). The van der Waals surface area contributed by atoms with E-state index in [4.69, 9.17) is 0 Å². The van der Waals surface area contributed by atoms with Gasteiger partial charge >= 0.3 is 0 Å². The van der Waals surface area contributed by atoms with E-state index in [1.807, 2.05) is 30.3 Å². The first kappa shape index (κ1) is 18.2. The van der Waals surface area contributed by atoms with Crippen LogP contribution < -0.4 is 5.32 Å². The van der Waals surface area contributed by atoms with E-state index in [0.717, 1.165) is 16.3 Å². The van der Waals surface area contributed by atoms with Crippen LogP contribution in [0.5, 0.6) is 0 Å². The Hall–Kier alpha value is -2.18. The van der Waals surface area contributed by atoms with Gasteiger partial charge in [-0.15, -0.1) is 0 Å². The predicted octanol–water partition coefficient (Wildman–Crippen LogP) is 3.26. The number of aromatic nitrogens is 1. The monoisotopic (exact) mass is 381 g/mol. The maximum atomic E-state index is 12.6. The lowest BCUT2D eigenvalue weighted by Gasteiger charge is -2.44. The van der Waals surface area contributed by atoms with Crippen LogP contribution >= 0.6 is 11.8 Å². The van der Waals surface area contributed by atoms with E-state index in [1.165, 1.54) is 32.9 Å². The summed E-state index contributed by atoms with van der Waals surface area (Å²) < 4.78 is 0. The molecule has 2 aromatic rings. The van der Waals surface area contributed by atoms with Crippen LogP contribution in [0.3, 0.4) is 0 Å². The Balaban J connectivity index is 1.36. The van der Waals surface area contributed by atoms with E-state index in [-0.39, 0.29) is 17.7 Å². The Bertz CT molecular complexity index is 828. The van der Waals surface area contributed by atoms with Gasteiger partial charge in [0.15, 0.2) is 5.78 Å². The second-order valence-corrected chi connectivity index (χ2v) is 8.43. The summed E-state index contributed by atoms with van der Waals surface area (Å²) in [6.07, 6.45) is 4.09. The number of ketones is 1. The maximum absolute atomic E-state index is 12.6. The molecule has 0 spiro atoms. The van der Waals surface area contributed by atoms with Gasteiger partial charge in [0.2, 0.25) is 0 Å². The van der Waals surface area contributed by atoms with Gasteiger partial charge in [0, 0.05) is 41.1 Å². The highest BCUT2D eigenvalue weighted by molar-refractivity contribution is 7.99. The first-order chi connectivity index (χ1) is 13.1. The number of carbonyl (C=O) groups excluding carboxylic acids is 2. The van der Waals surface area contributed by atoms with Crippen LogP contribution in [0.1, 0.15) is 40.6 Å². The molecule has 0 radical (unpaired) electrons. The van der Waals surface area contributed by atoms with Gasteiger partial charge in [-0.25, -0.2) is 0 Å². The van der Waals surface area contributed by atoms with Gasteiger partial charge in [-0.3, -0.25) is 14.6 Å². The number of hydrogen-bond acceptors (Lipinski definition) is 5. The van der Waals surface area contributed by atoms with Crippen molar-refractivity contribution >= 4 is 23.5 Å². The highest BCUT2D eigenvalue weighted by atomic mass is 32.2. The number of carbonyl (C=O) groups is 2. The molecule has 0 saturated carbocycles. The van der Waals surface area contributed by atoms with E-state index in [0.29, 0.717) is 17.2 Å². The molecule has 1 aromatic heterocycles. The summed E-state index contributed by atoms with van der Waals surface area (Å²) in [5, 5.41) is 3.22. The van der Waals surface area contributed by atoms with Gasteiger partial charge in [-0.1, -0.05) is 11.8 Å². The molecule has 0 aliphatic carbocycles. The second kappa shape index (κ2) is 7.82. The molecule has 1 aromatic carbocycles. The molecule has 3 aliphatic rings. The minimum absolute atomic E-state index is 0.0118. The summed E-state index contributed by atoms with van der Waals surface area (Å²) >= 11 is 1.56. The molecule has 3 fully saturated rings.